The number of ether oxygens (including phenoxy) is 1. The zero-order valence-corrected chi connectivity index (χ0v) is 12.4. The highest BCUT2D eigenvalue weighted by molar-refractivity contribution is 8.01. The van der Waals surface area contributed by atoms with Crippen LogP contribution >= 0.6 is 23.3 Å². The Balaban J connectivity index is 1.84. The fourth-order valence-electron chi connectivity index (χ4n) is 2.24. The van der Waals surface area contributed by atoms with Gasteiger partial charge >= 0.3 is 0 Å². The molecule has 1 aliphatic heterocycles. The topological polar surface area (TPSA) is 47.0 Å². The Morgan fingerprint density at radius 1 is 1.42 bits per heavy atom. The van der Waals surface area contributed by atoms with E-state index < -0.39 is 0 Å². The van der Waals surface area contributed by atoms with Crippen LogP contribution in [0.2, 0.25) is 0 Å². The van der Waals surface area contributed by atoms with Crippen LogP contribution in [0.3, 0.4) is 0 Å². The molecule has 0 spiro atoms. The summed E-state index contributed by atoms with van der Waals surface area (Å²) < 4.78 is 11.1. The van der Waals surface area contributed by atoms with Crippen molar-refractivity contribution in [2.24, 2.45) is 0 Å². The van der Waals surface area contributed by atoms with Crippen molar-refractivity contribution in [3.63, 3.8) is 0 Å². The monoisotopic (exact) mass is 293 g/mol. The highest BCUT2D eigenvalue weighted by atomic mass is 32.2. The van der Waals surface area contributed by atoms with Crippen molar-refractivity contribution in [1.82, 2.24) is 14.7 Å². The summed E-state index contributed by atoms with van der Waals surface area (Å²) in [6.45, 7) is 2.61. The summed E-state index contributed by atoms with van der Waals surface area (Å²) in [7, 11) is 1.99. The second-order valence-corrected chi connectivity index (χ2v) is 6.62. The third-order valence-corrected chi connectivity index (χ3v) is 5.22. The molecule has 0 radical (unpaired) electrons. The van der Waals surface area contributed by atoms with E-state index in [2.05, 4.69) is 26.8 Å². The highest BCUT2D eigenvalue weighted by Gasteiger charge is 2.31. The normalized spacial score (nSPS) is 21.8. The molecule has 0 bridgehead atoms. The lowest BCUT2D eigenvalue weighted by atomic mass is 10.0. The van der Waals surface area contributed by atoms with Crippen LogP contribution < -0.4 is 10.1 Å². The molecule has 0 fully saturated rings. The van der Waals surface area contributed by atoms with E-state index in [4.69, 9.17) is 4.74 Å². The van der Waals surface area contributed by atoms with Crippen molar-refractivity contribution >= 4 is 23.3 Å². The Bertz CT molecular complexity index is 573. The van der Waals surface area contributed by atoms with Crippen LogP contribution in [0.1, 0.15) is 17.4 Å². The van der Waals surface area contributed by atoms with Gasteiger partial charge in [0, 0.05) is 5.56 Å². The summed E-state index contributed by atoms with van der Waals surface area (Å²) >= 11 is 3.19. The van der Waals surface area contributed by atoms with E-state index in [-0.39, 0.29) is 6.04 Å². The van der Waals surface area contributed by atoms with Crippen LogP contribution in [0.15, 0.2) is 28.6 Å². The fourth-order valence-corrected chi connectivity index (χ4v) is 4.31. The minimum atomic E-state index is 0.277. The third-order valence-electron chi connectivity index (χ3n) is 3.10. The molecule has 6 heteroatoms. The molecule has 0 amide bonds. The van der Waals surface area contributed by atoms with Crippen LogP contribution in [0, 0.1) is 6.92 Å². The average molecular weight is 293 g/mol. The first-order valence-corrected chi connectivity index (χ1v) is 7.79. The quantitative estimate of drug-likeness (QED) is 0.942. The standard InChI is InChI=1S/C13H15N3OS2/c1-8-15-13(19-16-8)18-11-7-17-10-6-4-3-5-9(10)12(11)14-2/h3-6,11-12,14H,7H2,1-2H3. The van der Waals surface area contributed by atoms with Gasteiger partial charge in [-0.1, -0.05) is 30.0 Å². The van der Waals surface area contributed by atoms with Gasteiger partial charge in [-0.15, -0.1) is 0 Å². The second kappa shape index (κ2) is 5.48. The van der Waals surface area contributed by atoms with Gasteiger partial charge in [-0.05, 0) is 31.6 Å². The summed E-state index contributed by atoms with van der Waals surface area (Å²) in [6.07, 6.45) is 0. The van der Waals surface area contributed by atoms with Gasteiger partial charge in [0.1, 0.15) is 18.2 Å². The smallest absolute Gasteiger partial charge is 0.170 e. The van der Waals surface area contributed by atoms with E-state index >= 15 is 0 Å². The summed E-state index contributed by atoms with van der Waals surface area (Å²) in [6, 6.07) is 8.48. The Morgan fingerprint density at radius 2 is 2.26 bits per heavy atom. The zero-order chi connectivity index (χ0) is 13.2. The number of rotatable bonds is 3. The molecular formula is C13H15N3OS2. The fraction of sp³-hybridized carbons (Fsp3) is 0.385. The van der Waals surface area contributed by atoms with E-state index in [1.165, 1.54) is 17.1 Å². The molecule has 1 aromatic carbocycles. The van der Waals surface area contributed by atoms with Crippen LogP contribution in [0.4, 0.5) is 0 Å². The molecule has 2 atom stereocenters. The molecular weight excluding hydrogens is 278 g/mol. The average Bonchev–Trinajstić information content (AvgIpc) is 2.84. The molecule has 100 valence electrons. The molecule has 2 unspecified atom stereocenters. The maximum Gasteiger partial charge on any atom is 0.170 e. The van der Waals surface area contributed by atoms with Crippen molar-refractivity contribution in [3.05, 3.63) is 35.7 Å². The van der Waals surface area contributed by atoms with Crippen molar-refractivity contribution in [2.45, 2.75) is 22.6 Å². The van der Waals surface area contributed by atoms with Gasteiger partial charge in [0.2, 0.25) is 0 Å². The van der Waals surface area contributed by atoms with Gasteiger partial charge in [-0.25, -0.2) is 4.98 Å². The first-order chi connectivity index (χ1) is 9.28. The third kappa shape index (κ3) is 2.61. The number of benzene rings is 1. The van der Waals surface area contributed by atoms with Gasteiger partial charge in [0.15, 0.2) is 4.34 Å². The number of nitrogens with zero attached hydrogens (tertiary/aromatic N) is 2. The number of para-hydroxylation sites is 1. The molecule has 1 aliphatic rings. The maximum atomic E-state index is 5.84. The molecule has 3 rings (SSSR count). The summed E-state index contributed by atoms with van der Waals surface area (Å²) in [5.41, 5.74) is 1.22. The molecule has 0 saturated heterocycles. The lowest BCUT2D eigenvalue weighted by molar-refractivity contribution is 0.265. The lowest BCUT2D eigenvalue weighted by Gasteiger charge is -2.32. The van der Waals surface area contributed by atoms with E-state index in [1.54, 1.807) is 11.8 Å². The molecule has 19 heavy (non-hydrogen) atoms. The lowest BCUT2D eigenvalue weighted by Crippen LogP contribution is -2.35. The molecule has 2 heterocycles. The zero-order valence-electron chi connectivity index (χ0n) is 10.8. The Morgan fingerprint density at radius 3 is 3.00 bits per heavy atom. The Kier molecular flexibility index (Phi) is 3.72. The number of nitrogens with one attached hydrogen (secondary N) is 1. The predicted molar refractivity (Wildman–Crippen MR) is 78.0 cm³/mol. The Hall–Kier alpha value is -1.11. The molecule has 0 saturated carbocycles. The number of aromatic nitrogens is 2. The van der Waals surface area contributed by atoms with Crippen molar-refractivity contribution in [2.75, 3.05) is 13.7 Å². The minimum absolute atomic E-state index is 0.277. The SMILES string of the molecule is CNC1c2ccccc2OCC1Sc1nc(C)ns1. The molecule has 0 aliphatic carbocycles. The molecule has 1 N–H and O–H groups in total. The highest BCUT2D eigenvalue weighted by Crippen LogP contribution is 2.39. The van der Waals surface area contributed by atoms with E-state index in [0.717, 1.165) is 15.9 Å². The van der Waals surface area contributed by atoms with Crippen LogP contribution in [-0.2, 0) is 0 Å². The largest absolute Gasteiger partial charge is 0.492 e. The van der Waals surface area contributed by atoms with Crippen LogP contribution in [-0.4, -0.2) is 28.3 Å². The molecule has 4 nitrogen and oxygen atoms in total. The van der Waals surface area contributed by atoms with Gasteiger partial charge in [-0.2, -0.15) is 4.37 Å². The van der Waals surface area contributed by atoms with Gasteiger partial charge in [0.05, 0.1) is 11.3 Å². The maximum absolute atomic E-state index is 5.84. The number of aryl methyl sites for hydroxylation is 1. The van der Waals surface area contributed by atoms with Crippen LogP contribution in [0.5, 0.6) is 5.75 Å². The number of hydrogen-bond acceptors (Lipinski definition) is 6. The molecule has 2 aromatic rings. The van der Waals surface area contributed by atoms with Crippen LogP contribution in [0.25, 0.3) is 0 Å². The van der Waals surface area contributed by atoms with Gasteiger partial charge in [0.25, 0.3) is 0 Å². The van der Waals surface area contributed by atoms with Crippen molar-refractivity contribution in [3.8, 4) is 5.75 Å². The van der Waals surface area contributed by atoms with Gasteiger partial charge in [-0.3, -0.25) is 0 Å². The van der Waals surface area contributed by atoms with Crippen molar-refractivity contribution in [1.29, 1.82) is 0 Å². The van der Waals surface area contributed by atoms with E-state index in [9.17, 15) is 0 Å². The Labute approximate surface area is 120 Å². The van der Waals surface area contributed by atoms with E-state index in [1.807, 2.05) is 26.1 Å². The van der Waals surface area contributed by atoms with E-state index in [0.29, 0.717) is 11.9 Å². The predicted octanol–water partition coefficient (Wildman–Crippen LogP) is 2.66. The number of hydrogen-bond donors (Lipinski definition) is 1. The molecule has 1 aromatic heterocycles. The van der Waals surface area contributed by atoms with Crippen molar-refractivity contribution < 1.29 is 4.74 Å². The summed E-state index contributed by atoms with van der Waals surface area (Å²) in [5, 5.41) is 3.71. The summed E-state index contributed by atoms with van der Waals surface area (Å²) in [5.74, 6) is 1.82. The minimum Gasteiger partial charge on any atom is -0.492 e. The van der Waals surface area contributed by atoms with Gasteiger partial charge < -0.3 is 10.1 Å². The summed E-state index contributed by atoms with van der Waals surface area (Å²) in [4.78, 5) is 4.42. The first kappa shape index (κ1) is 12.9. The number of fused-ring (bicyclic) bond motifs is 1. The number of thioether (sulfide) groups is 1. The second-order valence-electron chi connectivity index (χ2n) is 4.38. The first-order valence-electron chi connectivity index (χ1n) is 6.14.